The van der Waals surface area contributed by atoms with Gasteiger partial charge in [0.15, 0.2) is 0 Å². The van der Waals surface area contributed by atoms with Crippen molar-refractivity contribution in [2.75, 3.05) is 46.0 Å². The Morgan fingerprint density at radius 1 is 1.11 bits per heavy atom. The third-order valence-corrected chi connectivity index (χ3v) is 8.08. The molecule has 0 saturated carbocycles. The van der Waals surface area contributed by atoms with Crippen molar-refractivity contribution in [1.29, 1.82) is 0 Å². The second-order valence-electron chi connectivity index (χ2n) is 8.51. The van der Waals surface area contributed by atoms with Crippen LogP contribution >= 0.6 is 47.2 Å². The fourth-order valence-corrected chi connectivity index (χ4v) is 5.58. The summed E-state index contributed by atoms with van der Waals surface area (Å²) in [6, 6.07) is 11.2. The third kappa shape index (κ3) is 7.46. The van der Waals surface area contributed by atoms with Crippen LogP contribution in [0.4, 0.5) is 0 Å². The molecule has 2 heterocycles. The molecular weight excluding hydrogens is 555 g/mol. The number of carboxylic acid groups (broad SMARTS) is 1. The topological polar surface area (TPSA) is 79.3 Å². The van der Waals surface area contributed by atoms with Crippen LogP contribution in [0.3, 0.4) is 0 Å². The molecule has 0 atom stereocenters. The van der Waals surface area contributed by atoms with Crippen LogP contribution in [0.25, 0.3) is 17.2 Å². The number of carbonyl (C=O) groups is 2. The van der Waals surface area contributed by atoms with Crippen molar-refractivity contribution in [1.82, 2.24) is 9.80 Å². The molecule has 1 amide bonds. The summed E-state index contributed by atoms with van der Waals surface area (Å²) in [5.41, 5.74) is 2.50. The van der Waals surface area contributed by atoms with E-state index in [-0.39, 0.29) is 18.9 Å². The molecule has 0 aromatic heterocycles. The van der Waals surface area contributed by atoms with Crippen LogP contribution in [0.15, 0.2) is 41.3 Å². The molecule has 0 radical (unpaired) electrons. The Balaban J connectivity index is 1.58. The minimum atomic E-state index is -0.904. The van der Waals surface area contributed by atoms with Crippen molar-refractivity contribution in [2.45, 2.75) is 12.8 Å². The molecule has 2 fully saturated rings. The Bertz CT molecular complexity index is 1220. The lowest BCUT2D eigenvalue weighted by atomic mass is 10.0. The summed E-state index contributed by atoms with van der Waals surface area (Å²) in [5, 5.41) is 9.84. The first-order chi connectivity index (χ1) is 17.8. The predicted octanol–water partition coefficient (Wildman–Crippen LogP) is 5.44. The summed E-state index contributed by atoms with van der Waals surface area (Å²) in [6.45, 7) is 4.70. The average Bonchev–Trinajstić information content (AvgIpc) is 3.14. The maximum absolute atomic E-state index is 13.1. The summed E-state index contributed by atoms with van der Waals surface area (Å²) >= 11 is 18.9. The molecule has 2 aromatic carbocycles. The number of nitrogens with zero attached hydrogens (tertiary/aromatic N) is 2. The van der Waals surface area contributed by atoms with Crippen LogP contribution in [0, 0.1) is 0 Å². The van der Waals surface area contributed by atoms with E-state index in [2.05, 4.69) is 4.90 Å². The van der Waals surface area contributed by atoms with E-state index in [0.29, 0.717) is 38.0 Å². The van der Waals surface area contributed by atoms with Crippen molar-refractivity contribution >= 4 is 69.5 Å². The Labute approximate surface area is 235 Å². The van der Waals surface area contributed by atoms with Crippen LogP contribution in [0.5, 0.6) is 5.75 Å². The minimum absolute atomic E-state index is 0.0249. The number of carbonyl (C=O) groups excluding carboxylic acids is 1. The zero-order valence-corrected chi connectivity index (χ0v) is 23.1. The number of benzene rings is 2. The highest BCUT2D eigenvalue weighted by atomic mass is 35.5. The number of halogens is 2. The molecule has 2 aliphatic rings. The lowest BCUT2D eigenvalue weighted by molar-refractivity contribution is -0.137. The largest absolute Gasteiger partial charge is 0.492 e. The smallest absolute Gasteiger partial charge is 0.303 e. The van der Waals surface area contributed by atoms with E-state index in [1.165, 1.54) is 16.7 Å². The van der Waals surface area contributed by atoms with Crippen molar-refractivity contribution in [3.05, 3.63) is 56.9 Å². The van der Waals surface area contributed by atoms with Crippen LogP contribution in [-0.2, 0) is 14.3 Å². The zero-order valence-electron chi connectivity index (χ0n) is 20.0. The number of hydrogen-bond acceptors (Lipinski definition) is 7. The van der Waals surface area contributed by atoms with Crippen LogP contribution in [0.2, 0.25) is 10.0 Å². The first-order valence-electron chi connectivity index (χ1n) is 11.8. The second kappa shape index (κ2) is 13.1. The molecule has 37 heavy (non-hydrogen) atoms. The summed E-state index contributed by atoms with van der Waals surface area (Å²) in [6.07, 6.45) is 2.09. The SMILES string of the molecule is O=C(O)CCCN1C(=O)C(=Cc2cc(-c3ccc(Cl)c(Cl)c3)ccc2OCCN2CCOCC2)SC1=S. The Morgan fingerprint density at radius 3 is 2.57 bits per heavy atom. The Morgan fingerprint density at radius 2 is 1.84 bits per heavy atom. The fourth-order valence-electron chi connectivity index (χ4n) is 3.98. The zero-order chi connectivity index (χ0) is 26.4. The molecule has 0 spiro atoms. The maximum atomic E-state index is 13.1. The quantitative estimate of drug-likeness (QED) is 0.294. The van der Waals surface area contributed by atoms with E-state index in [4.69, 9.17) is 50.0 Å². The summed E-state index contributed by atoms with van der Waals surface area (Å²) in [7, 11) is 0. The van der Waals surface area contributed by atoms with Gasteiger partial charge in [-0.05, 0) is 47.9 Å². The third-order valence-electron chi connectivity index (χ3n) is 5.96. The number of rotatable bonds is 10. The van der Waals surface area contributed by atoms with Crippen molar-refractivity contribution in [2.24, 2.45) is 0 Å². The molecule has 7 nitrogen and oxygen atoms in total. The van der Waals surface area contributed by atoms with Gasteiger partial charge in [0.05, 0.1) is 28.2 Å². The van der Waals surface area contributed by atoms with Gasteiger partial charge in [-0.15, -0.1) is 0 Å². The summed E-state index contributed by atoms with van der Waals surface area (Å²) < 4.78 is 12.0. The van der Waals surface area contributed by atoms with E-state index < -0.39 is 5.97 Å². The van der Waals surface area contributed by atoms with Crippen molar-refractivity contribution in [3.63, 3.8) is 0 Å². The number of amides is 1. The van der Waals surface area contributed by atoms with Crippen molar-refractivity contribution < 1.29 is 24.2 Å². The predicted molar refractivity (Wildman–Crippen MR) is 151 cm³/mol. The van der Waals surface area contributed by atoms with Crippen molar-refractivity contribution in [3.8, 4) is 16.9 Å². The summed E-state index contributed by atoms with van der Waals surface area (Å²) in [5.74, 6) is -0.494. The molecule has 2 aliphatic heterocycles. The maximum Gasteiger partial charge on any atom is 0.303 e. The van der Waals surface area contributed by atoms with Gasteiger partial charge in [-0.3, -0.25) is 19.4 Å². The number of aliphatic carboxylic acids is 1. The van der Waals surface area contributed by atoms with Gasteiger partial charge in [0.1, 0.15) is 16.7 Å². The van der Waals surface area contributed by atoms with E-state index in [1.807, 2.05) is 24.3 Å². The highest BCUT2D eigenvalue weighted by Gasteiger charge is 2.32. The highest BCUT2D eigenvalue weighted by molar-refractivity contribution is 8.26. The van der Waals surface area contributed by atoms with E-state index in [0.717, 1.165) is 49.5 Å². The summed E-state index contributed by atoms with van der Waals surface area (Å²) in [4.78, 5) is 28.1. The first-order valence-corrected chi connectivity index (χ1v) is 13.8. The molecule has 0 unspecified atom stereocenters. The normalized spacial score (nSPS) is 17.6. The van der Waals surface area contributed by atoms with Gasteiger partial charge in [-0.25, -0.2) is 0 Å². The fraction of sp³-hybridized carbons (Fsp3) is 0.346. The van der Waals surface area contributed by atoms with Gasteiger partial charge in [0.2, 0.25) is 0 Å². The van der Waals surface area contributed by atoms with E-state index in [9.17, 15) is 9.59 Å². The second-order valence-corrected chi connectivity index (χ2v) is 11.0. The van der Waals surface area contributed by atoms with Crippen LogP contribution in [-0.4, -0.2) is 77.1 Å². The van der Waals surface area contributed by atoms with Gasteiger partial charge in [0, 0.05) is 38.2 Å². The molecule has 196 valence electrons. The van der Waals surface area contributed by atoms with Gasteiger partial charge in [0.25, 0.3) is 5.91 Å². The van der Waals surface area contributed by atoms with Gasteiger partial charge in [-0.1, -0.05) is 59.3 Å². The van der Waals surface area contributed by atoms with E-state index >= 15 is 0 Å². The standard InChI is InChI=1S/C26H26Cl2N2O5S2/c27-20-5-3-18(15-21(20)28)17-4-6-22(35-13-10-29-8-11-34-12-9-29)19(14-17)16-23-25(33)30(26(36)37-23)7-1-2-24(31)32/h3-6,14-16H,1-2,7-13H2,(H,31,32). The number of hydrogen-bond donors (Lipinski definition) is 1. The molecular formula is C26H26Cl2N2O5S2. The number of carboxylic acids is 1. The van der Waals surface area contributed by atoms with Gasteiger partial charge >= 0.3 is 5.97 Å². The Kier molecular flexibility index (Phi) is 9.86. The Hall–Kier alpha value is -2.14. The molecule has 4 rings (SSSR count). The monoisotopic (exact) mass is 580 g/mol. The average molecular weight is 582 g/mol. The van der Waals surface area contributed by atoms with Crippen LogP contribution in [0.1, 0.15) is 18.4 Å². The number of morpholine rings is 1. The number of ether oxygens (including phenoxy) is 2. The minimum Gasteiger partial charge on any atom is -0.492 e. The number of thiocarbonyl (C=S) groups is 1. The van der Waals surface area contributed by atoms with Crippen LogP contribution < -0.4 is 4.74 Å². The molecule has 1 N–H and O–H groups in total. The molecule has 2 saturated heterocycles. The first kappa shape index (κ1) is 27.9. The lowest BCUT2D eigenvalue weighted by Gasteiger charge is -2.26. The molecule has 2 aromatic rings. The highest BCUT2D eigenvalue weighted by Crippen LogP contribution is 2.37. The van der Waals surface area contributed by atoms with E-state index in [1.54, 1.807) is 18.2 Å². The molecule has 0 bridgehead atoms. The van der Waals surface area contributed by atoms with Gasteiger partial charge in [-0.2, -0.15) is 0 Å². The van der Waals surface area contributed by atoms with Gasteiger partial charge < -0.3 is 14.6 Å². The molecule has 0 aliphatic carbocycles. The lowest BCUT2D eigenvalue weighted by Crippen LogP contribution is -2.38. The molecule has 11 heteroatoms. The number of thioether (sulfide) groups is 1.